The van der Waals surface area contributed by atoms with Gasteiger partial charge in [0.2, 0.25) is 0 Å². The van der Waals surface area contributed by atoms with Crippen molar-refractivity contribution in [1.29, 1.82) is 0 Å². The summed E-state index contributed by atoms with van der Waals surface area (Å²) in [5.41, 5.74) is 4.21. The van der Waals surface area contributed by atoms with Crippen LogP contribution >= 0.6 is 0 Å². The van der Waals surface area contributed by atoms with Gasteiger partial charge in [-0.2, -0.15) is 0 Å². The number of rotatable bonds is 4. The second-order valence-electron chi connectivity index (χ2n) is 12.2. The molecule has 230 valence electrons. The lowest BCUT2D eigenvalue weighted by Crippen LogP contribution is -1.88. The van der Waals surface area contributed by atoms with E-state index in [2.05, 4.69) is 0 Å². The van der Waals surface area contributed by atoms with E-state index in [1.807, 2.05) is 30.3 Å². The Bertz CT molecular complexity index is 4040. The number of hydrogen-bond acceptors (Lipinski definition) is 0. The lowest BCUT2D eigenvalue weighted by atomic mass is 9.89. The van der Waals surface area contributed by atoms with Gasteiger partial charge in [0.25, 0.3) is 0 Å². The third-order valence-electron chi connectivity index (χ3n) is 9.50. The lowest BCUT2D eigenvalue weighted by Gasteiger charge is -2.15. The summed E-state index contributed by atoms with van der Waals surface area (Å²) in [5, 5.41) is -0.0492. The van der Waals surface area contributed by atoms with Crippen LogP contribution < -0.4 is 0 Å². The number of hydrogen-bond donors (Lipinski definition) is 0. The first-order valence-electron chi connectivity index (χ1n) is 25.0. The Hall–Kier alpha value is -6.50. The molecule has 50 heavy (non-hydrogen) atoms. The van der Waals surface area contributed by atoms with Crippen LogP contribution in [0, 0.1) is 0 Å². The van der Waals surface area contributed by atoms with Crippen LogP contribution in [-0.2, 0) is 0 Å². The van der Waals surface area contributed by atoms with Crippen LogP contribution in [0.3, 0.4) is 0 Å². The maximum atomic E-state index is 9.19. The van der Waals surface area contributed by atoms with Gasteiger partial charge in [-0.15, -0.1) is 0 Å². The summed E-state index contributed by atoms with van der Waals surface area (Å²) in [4.78, 5) is 0. The first-order chi connectivity index (χ1) is 32.3. The fraction of sp³-hybridized carbons (Fsp3) is 0. The zero-order valence-corrected chi connectivity index (χ0v) is 25.9. The SMILES string of the molecule is [2H]c1c([2H])c2c([2H])c([2H])c3c([2H])c([2H])c(-c4ccc(-c5ccc(-c6cccc(-c7c([2H])c([2H])c8c([2H])c([2H])c9c([2H])c([2H])c([2H])c%10c([2H])c([2H])c7c8c9%10)c6)cc5)cc4)c4c([2H])c([2H])c(c1[2H])c2c34. The molecule has 0 unspecified atom stereocenters. The van der Waals surface area contributed by atoms with Crippen molar-refractivity contribution < 1.29 is 24.7 Å². The van der Waals surface area contributed by atoms with E-state index in [4.69, 9.17) is 21.9 Å². The Balaban J connectivity index is 1.01. The Labute approximate surface area is 315 Å². The van der Waals surface area contributed by atoms with E-state index in [9.17, 15) is 2.74 Å². The van der Waals surface area contributed by atoms with E-state index in [1.54, 1.807) is 42.5 Å². The van der Waals surface area contributed by atoms with Crippen molar-refractivity contribution in [3.05, 3.63) is 182 Å². The van der Waals surface area contributed by atoms with Crippen LogP contribution in [0.4, 0.5) is 0 Å². The minimum Gasteiger partial charge on any atom is -0.0610 e. The summed E-state index contributed by atoms with van der Waals surface area (Å²) < 4.78 is 159. The van der Waals surface area contributed by atoms with Gasteiger partial charge in [-0.1, -0.05) is 175 Å². The molecule has 0 saturated heterocycles. The van der Waals surface area contributed by atoms with Crippen LogP contribution in [0.15, 0.2) is 182 Å². The predicted octanol–water partition coefficient (Wildman–Crippen LogP) is 14.1. The van der Waals surface area contributed by atoms with Gasteiger partial charge in [0, 0.05) is 0 Å². The smallest absolute Gasteiger partial charge is 0.0610 e. The van der Waals surface area contributed by atoms with Crippen LogP contribution in [0.25, 0.3) is 109 Å². The zero-order valence-electron chi connectivity index (χ0n) is 43.9. The zero-order chi connectivity index (χ0) is 48.4. The molecule has 11 aromatic rings. The van der Waals surface area contributed by atoms with Crippen molar-refractivity contribution in [3.8, 4) is 44.5 Å². The highest BCUT2D eigenvalue weighted by Crippen LogP contribution is 2.41. The third-order valence-corrected chi connectivity index (χ3v) is 9.50. The second kappa shape index (κ2) is 10.5. The minimum atomic E-state index is -0.535. The molecule has 0 aliphatic rings. The quantitative estimate of drug-likeness (QED) is 0.167. The standard InChI is InChI=1S/C50H30/c1-4-35-18-20-39-22-26-43(45-28-24-37(6-1)47(35)49(39)45)34-16-14-32(15-17-34)31-10-12-33(13-11-31)41-8-3-9-42(30-41)44-27-23-40-21-19-36-5-2-7-38-25-29-46(44)50(40)48(36)38/h1-30H/i1D,2D,4D,5D,6D,7D,18D,19D,20D,21D,22D,23D,24D,25D,26D,27D,28D,29D. The van der Waals surface area contributed by atoms with E-state index in [0.29, 0.717) is 16.7 Å². The molecule has 0 bridgehead atoms. The molecule has 0 aromatic heterocycles. The first-order valence-corrected chi connectivity index (χ1v) is 16.0. The van der Waals surface area contributed by atoms with Gasteiger partial charge >= 0.3 is 0 Å². The summed E-state index contributed by atoms with van der Waals surface area (Å²) in [7, 11) is 0. The van der Waals surface area contributed by atoms with Gasteiger partial charge in [-0.05, 0) is 115 Å². The topological polar surface area (TPSA) is 0 Å². The average Bonchev–Trinajstić information content (AvgIpc) is 3.33. The number of benzene rings is 11. The largest absolute Gasteiger partial charge is 0.0630 e. The van der Waals surface area contributed by atoms with Crippen molar-refractivity contribution in [2.45, 2.75) is 0 Å². The molecular formula is C50H30. The van der Waals surface area contributed by atoms with Gasteiger partial charge in [-0.3, -0.25) is 0 Å². The molecule has 0 aliphatic carbocycles. The van der Waals surface area contributed by atoms with Crippen molar-refractivity contribution in [3.63, 3.8) is 0 Å². The van der Waals surface area contributed by atoms with E-state index in [-0.39, 0.29) is 112 Å². The monoisotopic (exact) mass is 648 g/mol. The van der Waals surface area contributed by atoms with Crippen LogP contribution in [-0.4, -0.2) is 0 Å². The van der Waals surface area contributed by atoms with Gasteiger partial charge in [0.05, 0.1) is 24.7 Å². The Morgan fingerprint density at radius 1 is 0.280 bits per heavy atom. The van der Waals surface area contributed by atoms with Gasteiger partial charge < -0.3 is 0 Å². The predicted molar refractivity (Wildman–Crippen MR) is 216 cm³/mol. The van der Waals surface area contributed by atoms with Gasteiger partial charge in [0.15, 0.2) is 0 Å². The summed E-state index contributed by atoms with van der Waals surface area (Å²) in [6, 6.07) is 14.1. The molecule has 11 aromatic carbocycles. The maximum absolute atomic E-state index is 9.19. The molecular weight excluding hydrogens is 601 g/mol. The fourth-order valence-corrected chi connectivity index (χ4v) is 7.10. The molecule has 11 rings (SSSR count). The van der Waals surface area contributed by atoms with Gasteiger partial charge in [-0.25, -0.2) is 0 Å². The van der Waals surface area contributed by atoms with E-state index in [0.717, 1.165) is 16.7 Å². The second-order valence-corrected chi connectivity index (χ2v) is 12.2. The molecule has 0 heteroatoms. The molecule has 0 radical (unpaired) electrons. The van der Waals surface area contributed by atoms with Crippen LogP contribution in [0.5, 0.6) is 0 Å². The molecule has 0 atom stereocenters. The van der Waals surface area contributed by atoms with Crippen molar-refractivity contribution in [2.24, 2.45) is 0 Å². The Kier molecular flexibility index (Phi) is 3.23. The first kappa shape index (κ1) is 15.4. The van der Waals surface area contributed by atoms with Crippen LogP contribution in [0.2, 0.25) is 0 Å². The fourth-order valence-electron chi connectivity index (χ4n) is 7.10. The minimum absolute atomic E-state index is 0.0806. The third kappa shape index (κ3) is 4.06. The lowest BCUT2D eigenvalue weighted by molar-refractivity contribution is 1.58. The molecule has 0 saturated carbocycles. The van der Waals surface area contributed by atoms with E-state index in [1.165, 1.54) is 0 Å². The molecule has 0 aliphatic heterocycles. The molecule has 0 fully saturated rings. The van der Waals surface area contributed by atoms with E-state index >= 15 is 0 Å². The highest BCUT2D eigenvalue weighted by molar-refractivity contribution is 6.26. The van der Waals surface area contributed by atoms with E-state index < -0.39 is 72.5 Å². The Morgan fingerprint density at radius 2 is 0.640 bits per heavy atom. The summed E-state index contributed by atoms with van der Waals surface area (Å²) in [6.45, 7) is 0. The van der Waals surface area contributed by atoms with Crippen molar-refractivity contribution >= 4 is 64.6 Å². The van der Waals surface area contributed by atoms with Crippen molar-refractivity contribution in [2.75, 3.05) is 0 Å². The molecule has 0 heterocycles. The summed E-state index contributed by atoms with van der Waals surface area (Å²) >= 11 is 0. The highest BCUT2D eigenvalue weighted by atomic mass is 14.2. The molecule has 0 spiro atoms. The molecule has 0 amide bonds. The summed E-state index contributed by atoms with van der Waals surface area (Å²) in [6.07, 6.45) is 0. The summed E-state index contributed by atoms with van der Waals surface area (Å²) in [5.74, 6) is 0. The molecule has 0 nitrogen and oxygen atoms in total. The Morgan fingerprint density at radius 3 is 1.14 bits per heavy atom. The maximum Gasteiger partial charge on any atom is 0.0630 e. The molecule has 0 N–H and O–H groups in total. The average molecular weight is 649 g/mol. The van der Waals surface area contributed by atoms with Crippen LogP contribution in [0.1, 0.15) is 24.7 Å². The van der Waals surface area contributed by atoms with Gasteiger partial charge in [0.1, 0.15) is 0 Å². The van der Waals surface area contributed by atoms with Crippen molar-refractivity contribution in [1.82, 2.24) is 0 Å². The normalized spacial score (nSPS) is 17.0. The highest BCUT2D eigenvalue weighted by Gasteiger charge is 2.14.